The van der Waals surface area contributed by atoms with E-state index in [9.17, 15) is 9.59 Å². The van der Waals surface area contributed by atoms with Crippen LogP contribution in [0.25, 0.3) is 0 Å². The van der Waals surface area contributed by atoms with Gasteiger partial charge in [-0.3, -0.25) is 4.79 Å². The first-order chi connectivity index (χ1) is 18.0. The van der Waals surface area contributed by atoms with Gasteiger partial charge in [0.25, 0.3) is 12.6 Å². The molecule has 0 atom stereocenters. The van der Waals surface area contributed by atoms with Gasteiger partial charge in [-0.05, 0) is 75.7 Å². The van der Waals surface area contributed by atoms with E-state index in [0.717, 1.165) is 100 Å². The Morgan fingerprint density at radius 1 is 0.649 bits per heavy atom. The van der Waals surface area contributed by atoms with Gasteiger partial charge in [-0.15, -0.1) is 0 Å². The molecule has 4 aliphatic rings. The van der Waals surface area contributed by atoms with Crippen molar-refractivity contribution in [1.29, 1.82) is 0 Å². The van der Waals surface area contributed by atoms with E-state index in [4.69, 9.17) is 28.4 Å². The van der Waals surface area contributed by atoms with Crippen molar-refractivity contribution >= 4 is 11.9 Å². The molecule has 4 rings (SSSR count). The largest absolute Gasteiger partial charge is 0.457 e. The van der Waals surface area contributed by atoms with Crippen LogP contribution in [0.1, 0.15) is 83.5 Å². The standard InChI is InChI=1S/C29H38O8/c1-21(29(31)33-20-28(36-24-14-6-7-15-24)37-25-16-8-9-17-25)18-26(30)32-19-27(34-22-10-2-3-11-22)35-23-12-4-5-13-23/h10,12,14,16,27-28H,1-9,11,13,15,17-20H2. The van der Waals surface area contributed by atoms with E-state index in [1.807, 2.05) is 24.3 Å². The molecule has 4 aliphatic carbocycles. The first-order valence-electron chi connectivity index (χ1n) is 13.5. The van der Waals surface area contributed by atoms with Crippen LogP contribution >= 0.6 is 0 Å². The molecule has 0 bridgehead atoms. The quantitative estimate of drug-likeness (QED) is 0.149. The molecule has 8 nitrogen and oxygen atoms in total. The van der Waals surface area contributed by atoms with E-state index in [1.54, 1.807) is 0 Å². The number of carbonyl (C=O) groups excluding carboxylic acids is 2. The summed E-state index contributed by atoms with van der Waals surface area (Å²) in [6, 6.07) is 0. The van der Waals surface area contributed by atoms with Gasteiger partial charge >= 0.3 is 11.9 Å². The molecule has 0 aromatic carbocycles. The number of hydrogen-bond donors (Lipinski definition) is 0. The Hall–Kier alpha value is -3.16. The summed E-state index contributed by atoms with van der Waals surface area (Å²) in [5.41, 5.74) is -0.000645. The highest BCUT2D eigenvalue weighted by Crippen LogP contribution is 2.26. The Kier molecular flexibility index (Phi) is 10.1. The number of hydrogen-bond acceptors (Lipinski definition) is 8. The molecule has 0 saturated heterocycles. The third-order valence-corrected chi connectivity index (χ3v) is 6.51. The summed E-state index contributed by atoms with van der Waals surface area (Å²) in [4.78, 5) is 25.0. The number of esters is 2. The fourth-order valence-electron chi connectivity index (χ4n) is 4.56. The second-order valence-electron chi connectivity index (χ2n) is 9.64. The zero-order valence-corrected chi connectivity index (χ0v) is 21.5. The number of allylic oxidation sites excluding steroid dienone is 8. The maximum absolute atomic E-state index is 12.5. The van der Waals surface area contributed by atoms with Crippen LogP contribution in [0.4, 0.5) is 0 Å². The Morgan fingerprint density at radius 3 is 1.38 bits per heavy atom. The van der Waals surface area contributed by atoms with E-state index >= 15 is 0 Å². The molecule has 0 N–H and O–H groups in total. The summed E-state index contributed by atoms with van der Waals surface area (Å²) in [7, 11) is 0. The van der Waals surface area contributed by atoms with Gasteiger partial charge in [0.05, 0.1) is 29.5 Å². The minimum absolute atomic E-state index is 0.000645. The van der Waals surface area contributed by atoms with Crippen LogP contribution in [-0.2, 0) is 38.0 Å². The molecule has 0 saturated carbocycles. The summed E-state index contributed by atoms with van der Waals surface area (Å²) in [5.74, 6) is 2.12. The average molecular weight is 515 g/mol. The maximum atomic E-state index is 12.5. The normalized spacial score (nSPS) is 18.8. The van der Waals surface area contributed by atoms with E-state index in [1.165, 1.54) is 0 Å². The van der Waals surface area contributed by atoms with Crippen LogP contribution < -0.4 is 0 Å². The van der Waals surface area contributed by atoms with Crippen LogP contribution in [0.15, 0.2) is 59.5 Å². The van der Waals surface area contributed by atoms with Crippen molar-refractivity contribution in [2.45, 2.75) is 96.1 Å². The molecule has 202 valence electrons. The zero-order valence-electron chi connectivity index (χ0n) is 21.5. The third-order valence-electron chi connectivity index (χ3n) is 6.51. The van der Waals surface area contributed by atoms with Crippen molar-refractivity contribution in [3.05, 3.63) is 59.5 Å². The van der Waals surface area contributed by atoms with Gasteiger partial charge in [0.15, 0.2) is 13.2 Å². The molecular formula is C29H38O8. The van der Waals surface area contributed by atoms with Gasteiger partial charge in [0.2, 0.25) is 0 Å². The van der Waals surface area contributed by atoms with Crippen LogP contribution in [0, 0.1) is 0 Å². The molecule has 0 aliphatic heterocycles. The summed E-state index contributed by atoms with van der Waals surface area (Å²) in [5, 5.41) is 0. The molecule has 0 heterocycles. The molecule has 0 unspecified atom stereocenters. The molecule has 0 spiro atoms. The van der Waals surface area contributed by atoms with Crippen molar-refractivity contribution in [2.24, 2.45) is 0 Å². The summed E-state index contributed by atoms with van der Waals surface area (Å²) < 4.78 is 34.4. The van der Waals surface area contributed by atoms with Gasteiger partial charge in [-0.25, -0.2) is 4.79 Å². The maximum Gasteiger partial charge on any atom is 0.334 e. The van der Waals surface area contributed by atoms with E-state index in [-0.39, 0.29) is 25.2 Å². The number of ether oxygens (including phenoxy) is 6. The smallest absolute Gasteiger partial charge is 0.334 e. The SMILES string of the molecule is C=C(CC(=O)OCC(OC1=CCCC1)OC1=CCCC1)C(=O)OCC(OC1=CCCC1)OC1=CCCC1. The average Bonchev–Trinajstić information content (AvgIpc) is 3.70. The second kappa shape index (κ2) is 14.0. The fraction of sp³-hybridized carbons (Fsp3) is 0.586. The van der Waals surface area contributed by atoms with Crippen LogP contribution in [0.2, 0.25) is 0 Å². The van der Waals surface area contributed by atoms with Crippen LogP contribution in [0.3, 0.4) is 0 Å². The summed E-state index contributed by atoms with van der Waals surface area (Å²) >= 11 is 0. The molecule has 0 amide bonds. The fourth-order valence-corrected chi connectivity index (χ4v) is 4.56. The van der Waals surface area contributed by atoms with E-state index < -0.39 is 24.5 Å². The van der Waals surface area contributed by atoms with Crippen LogP contribution in [-0.4, -0.2) is 37.7 Å². The van der Waals surface area contributed by atoms with Crippen molar-refractivity contribution < 1.29 is 38.0 Å². The van der Waals surface area contributed by atoms with Crippen molar-refractivity contribution in [3.8, 4) is 0 Å². The molecule has 0 aromatic rings. The molecule has 8 heteroatoms. The van der Waals surface area contributed by atoms with E-state index in [2.05, 4.69) is 6.58 Å². The topological polar surface area (TPSA) is 89.5 Å². The minimum Gasteiger partial charge on any atom is -0.457 e. The Labute approximate surface area is 218 Å². The highest BCUT2D eigenvalue weighted by atomic mass is 16.7. The minimum atomic E-state index is -0.734. The molecule has 37 heavy (non-hydrogen) atoms. The molecule has 0 fully saturated rings. The first kappa shape index (κ1) is 26.9. The Morgan fingerprint density at radius 2 is 1.03 bits per heavy atom. The van der Waals surface area contributed by atoms with Gasteiger partial charge < -0.3 is 28.4 Å². The predicted molar refractivity (Wildman–Crippen MR) is 135 cm³/mol. The Balaban J connectivity index is 1.21. The highest BCUT2D eigenvalue weighted by Gasteiger charge is 2.24. The lowest BCUT2D eigenvalue weighted by Crippen LogP contribution is -2.26. The first-order valence-corrected chi connectivity index (χ1v) is 13.5. The number of carbonyl (C=O) groups is 2. The predicted octanol–water partition coefficient (Wildman–Crippen LogP) is 6.01. The lowest BCUT2D eigenvalue weighted by Gasteiger charge is -2.22. The lowest BCUT2D eigenvalue weighted by atomic mass is 10.2. The lowest BCUT2D eigenvalue weighted by molar-refractivity contribution is -0.165. The molecule has 0 aromatic heterocycles. The van der Waals surface area contributed by atoms with Gasteiger partial charge in [0.1, 0.15) is 0 Å². The van der Waals surface area contributed by atoms with Crippen LogP contribution in [0.5, 0.6) is 0 Å². The molecular weight excluding hydrogens is 476 g/mol. The zero-order chi connectivity index (χ0) is 25.9. The summed E-state index contributed by atoms with van der Waals surface area (Å²) in [6.45, 7) is 3.53. The van der Waals surface area contributed by atoms with Crippen molar-refractivity contribution in [1.82, 2.24) is 0 Å². The summed E-state index contributed by atoms with van der Waals surface area (Å²) in [6.07, 6.45) is 17.8. The van der Waals surface area contributed by atoms with Gasteiger partial charge in [-0.1, -0.05) is 6.58 Å². The third kappa shape index (κ3) is 9.02. The van der Waals surface area contributed by atoms with E-state index in [0.29, 0.717) is 0 Å². The Bertz CT molecular complexity index is 905. The van der Waals surface area contributed by atoms with Crippen molar-refractivity contribution in [2.75, 3.05) is 13.2 Å². The highest BCUT2D eigenvalue weighted by molar-refractivity contribution is 5.93. The van der Waals surface area contributed by atoms with Gasteiger partial charge in [-0.2, -0.15) is 0 Å². The molecule has 0 radical (unpaired) electrons. The van der Waals surface area contributed by atoms with Gasteiger partial charge in [0, 0.05) is 31.3 Å². The monoisotopic (exact) mass is 514 g/mol. The van der Waals surface area contributed by atoms with Crippen molar-refractivity contribution in [3.63, 3.8) is 0 Å². The number of rotatable bonds is 15. The second-order valence-corrected chi connectivity index (χ2v) is 9.64.